The van der Waals surface area contributed by atoms with Crippen molar-refractivity contribution >= 4 is 5.91 Å². The lowest BCUT2D eigenvalue weighted by molar-refractivity contribution is -0.121. The largest absolute Gasteiger partial charge is 0.389 e. The van der Waals surface area contributed by atoms with Gasteiger partial charge in [0.25, 0.3) is 0 Å². The number of carbonyl (C=O) groups excluding carboxylic acids is 1. The summed E-state index contributed by atoms with van der Waals surface area (Å²) in [7, 11) is 0. The molecule has 2 unspecified atom stereocenters. The van der Waals surface area contributed by atoms with Crippen molar-refractivity contribution in [3.8, 4) is 6.07 Å². The van der Waals surface area contributed by atoms with Gasteiger partial charge in [-0.15, -0.1) is 0 Å². The Labute approximate surface area is 92.0 Å². The van der Waals surface area contributed by atoms with Gasteiger partial charge in [0.2, 0.25) is 5.91 Å². The van der Waals surface area contributed by atoms with Crippen molar-refractivity contribution in [1.82, 2.24) is 4.98 Å². The predicted octanol–water partition coefficient (Wildman–Crippen LogP) is -0.777. The van der Waals surface area contributed by atoms with Crippen LogP contribution in [0.1, 0.15) is 23.8 Å². The molecule has 6 heteroatoms. The summed E-state index contributed by atoms with van der Waals surface area (Å²) in [4.78, 5) is 14.3. The molecule has 1 amide bonds. The van der Waals surface area contributed by atoms with Gasteiger partial charge in [-0.1, -0.05) is 0 Å². The van der Waals surface area contributed by atoms with E-state index in [0.717, 1.165) is 0 Å². The maximum atomic E-state index is 10.5. The first-order valence-electron chi connectivity index (χ1n) is 4.55. The number of amides is 1. The van der Waals surface area contributed by atoms with E-state index in [1.54, 1.807) is 0 Å². The number of nitrogens with two attached hydrogens (primary N) is 1. The summed E-state index contributed by atoms with van der Waals surface area (Å²) in [5.74, 6) is -0.719. The number of aliphatic hydroxyl groups is 2. The molecule has 4 N–H and O–H groups in total. The SMILES string of the molecule is N#Cc1ccnc(C(O)C(O)CC(N)=O)c1. The maximum absolute atomic E-state index is 10.5. The summed E-state index contributed by atoms with van der Waals surface area (Å²) in [6.45, 7) is 0. The van der Waals surface area contributed by atoms with Crippen molar-refractivity contribution < 1.29 is 15.0 Å². The van der Waals surface area contributed by atoms with E-state index in [4.69, 9.17) is 11.0 Å². The predicted molar refractivity (Wildman–Crippen MR) is 53.7 cm³/mol. The molecule has 0 fully saturated rings. The first kappa shape index (κ1) is 12.1. The van der Waals surface area contributed by atoms with Crippen molar-refractivity contribution in [2.24, 2.45) is 5.73 Å². The fourth-order valence-electron chi connectivity index (χ4n) is 1.19. The molecule has 6 nitrogen and oxygen atoms in total. The number of nitrogens with zero attached hydrogens (tertiary/aromatic N) is 2. The van der Waals surface area contributed by atoms with Gasteiger partial charge in [-0.25, -0.2) is 0 Å². The molecule has 0 bridgehead atoms. The lowest BCUT2D eigenvalue weighted by Crippen LogP contribution is -2.26. The Morgan fingerprint density at radius 1 is 1.62 bits per heavy atom. The second-order valence-electron chi connectivity index (χ2n) is 3.26. The molecule has 0 aromatic carbocycles. The second kappa shape index (κ2) is 5.21. The number of rotatable bonds is 4. The minimum Gasteiger partial charge on any atom is -0.389 e. The Morgan fingerprint density at radius 3 is 2.88 bits per heavy atom. The second-order valence-corrected chi connectivity index (χ2v) is 3.26. The van der Waals surface area contributed by atoms with Crippen LogP contribution in [-0.2, 0) is 4.79 Å². The zero-order chi connectivity index (χ0) is 12.1. The Morgan fingerprint density at radius 2 is 2.31 bits per heavy atom. The first-order chi connectivity index (χ1) is 7.54. The number of hydrogen-bond acceptors (Lipinski definition) is 5. The minimum absolute atomic E-state index is 0.132. The molecule has 1 heterocycles. The Bertz CT molecular complexity index is 428. The van der Waals surface area contributed by atoms with Crippen molar-refractivity contribution in [1.29, 1.82) is 5.26 Å². The summed E-state index contributed by atoms with van der Waals surface area (Å²) in [5, 5.41) is 27.7. The fraction of sp³-hybridized carbons (Fsp3) is 0.300. The molecule has 0 spiro atoms. The van der Waals surface area contributed by atoms with Gasteiger partial charge in [0.15, 0.2) is 0 Å². The quantitative estimate of drug-likeness (QED) is 0.616. The molecule has 84 valence electrons. The summed E-state index contributed by atoms with van der Waals surface area (Å²) in [6, 6.07) is 4.69. The molecule has 0 aliphatic rings. The summed E-state index contributed by atoms with van der Waals surface area (Å²) in [6.07, 6.45) is -1.67. The normalized spacial score (nSPS) is 13.8. The van der Waals surface area contributed by atoms with Crippen LogP contribution < -0.4 is 5.73 Å². The van der Waals surface area contributed by atoms with E-state index in [1.165, 1.54) is 18.3 Å². The summed E-state index contributed by atoms with van der Waals surface area (Å²) >= 11 is 0. The third-order valence-electron chi connectivity index (χ3n) is 1.99. The molecule has 2 atom stereocenters. The molecule has 1 rings (SSSR count). The van der Waals surface area contributed by atoms with E-state index in [9.17, 15) is 15.0 Å². The Kier molecular flexibility index (Phi) is 3.94. The number of primary amides is 1. The van der Waals surface area contributed by atoms with Crippen LogP contribution in [0.15, 0.2) is 18.3 Å². The monoisotopic (exact) mass is 221 g/mol. The highest BCUT2D eigenvalue weighted by Gasteiger charge is 2.21. The molecule has 0 saturated carbocycles. The van der Waals surface area contributed by atoms with Crippen LogP contribution in [0, 0.1) is 11.3 Å². The Hall–Kier alpha value is -1.97. The highest BCUT2D eigenvalue weighted by Crippen LogP contribution is 2.17. The standard InChI is InChI=1S/C10H11N3O3/c11-5-6-1-2-13-7(3-6)10(16)8(14)4-9(12)15/h1-3,8,10,14,16H,4H2,(H2,12,15). The molecular weight excluding hydrogens is 210 g/mol. The number of carbonyl (C=O) groups is 1. The summed E-state index contributed by atoms with van der Waals surface area (Å²) < 4.78 is 0. The minimum atomic E-state index is -1.33. The zero-order valence-corrected chi connectivity index (χ0v) is 8.37. The van der Waals surface area contributed by atoms with Crippen LogP contribution in [0.4, 0.5) is 0 Å². The van der Waals surface area contributed by atoms with E-state index in [2.05, 4.69) is 4.98 Å². The van der Waals surface area contributed by atoms with Crippen LogP contribution >= 0.6 is 0 Å². The van der Waals surface area contributed by atoms with Crippen molar-refractivity contribution in [2.75, 3.05) is 0 Å². The topological polar surface area (TPSA) is 120 Å². The highest BCUT2D eigenvalue weighted by molar-refractivity contribution is 5.74. The van der Waals surface area contributed by atoms with Gasteiger partial charge in [-0.2, -0.15) is 5.26 Å². The molecule has 0 radical (unpaired) electrons. The van der Waals surface area contributed by atoms with Crippen LogP contribution in [0.2, 0.25) is 0 Å². The first-order valence-corrected chi connectivity index (χ1v) is 4.55. The van der Waals surface area contributed by atoms with Gasteiger partial charge in [0, 0.05) is 6.20 Å². The van der Waals surface area contributed by atoms with Gasteiger partial charge in [-0.05, 0) is 12.1 Å². The number of aromatic nitrogens is 1. The molecule has 0 aliphatic carbocycles. The molecular formula is C10H11N3O3. The Balaban J connectivity index is 2.83. The van der Waals surface area contributed by atoms with Crippen LogP contribution in [-0.4, -0.2) is 27.2 Å². The maximum Gasteiger partial charge on any atom is 0.220 e. The van der Waals surface area contributed by atoms with Gasteiger partial charge in [0.1, 0.15) is 6.10 Å². The number of aliphatic hydroxyl groups excluding tert-OH is 2. The summed E-state index contributed by atoms with van der Waals surface area (Å²) in [5.41, 5.74) is 5.33. The smallest absolute Gasteiger partial charge is 0.220 e. The molecule has 0 aliphatic heterocycles. The van der Waals surface area contributed by atoms with Gasteiger partial charge in [0.05, 0.1) is 29.9 Å². The number of nitriles is 1. The average Bonchev–Trinajstić information content (AvgIpc) is 2.27. The van der Waals surface area contributed by atoms with E-state index in [0.29, 0.717) is 5.56 Å². The van der Waals surface area contributed by atoms with Crippen molar-refractivity contribution in [2.45, 2.75) is 18.6 Å². The molecule has 1 aromatic heterocycles. The van der Waals surface area contributed by atoms with Crippen LogP contribution in [0.3, 0.4) is 0 Å². The zero-order valence-electron chi connectivity index (χ0n) is 8.37. The van der Waals surface area contributed by atoms with Gasteiger partial charge in [-0.3, -0.25) is 9.78 Å². The number of pyridine rings is 1. The van der Waals surface area contributed by atoms with E-state index in [-0.39, 0.29) is 12.1 Å². The van der Waals surface area contributed by atoms with Crippen LogP contribution in [0.5, 0.6) is 0 Å². The third kappa shape index (κ3) is 3.02. The third-order valence-corrected chi connectivity index (χ3v) is 1.99. The van der Waals surface area contributed by atoms with Gasteiger partial charge >= 0.3 is 0 Å². The molecule has 16 heavy (non-hydrogen) atoms. The lowest BCUT2D eigenvalue weighted by atomic mass is 10.1. The lowest BCUT2D eigenvalue weighted by Gasteiger charge is -2.15. The highest BCUT2D eigenvalue weighted by atomic mass is 16.3. The van der Waals surface area contributed by atoms with Gasteiger partial charge < -0.3 is 15.9 Å². The molecule has 0 saturated heterocycles. The van der Waals surface area contributed by atoms with E-state index < -0.39 is 18.1 Å². The van der Waals surface area contributed by atoms with E-state index >= 15 is 0 Å². The van der Waals surface area contributed by atoms with Crippen molar-refractivity contribution in [3.63, 3.8) is 0 Å². The van der Waals surface area contributed by atoms with Crippen LogP contribution in [0.25, 0.3) is 0 Å². The van der Waals surface area contributed by atoms with E-state index in [1.807, 2.05) is 6.07 Å². The number of hydrogen-bond donors (Lipinski definition) is 3. The fourth-order valence-corrected chi connectivity index (χ4v) is 1.19. The molecule has 1 aromatic rings. The average molecular weight is 221 g/mol. The van der Waals surface area contributed by atoms with Crippen molar-refractivity contribution in [3.05, 3.63) is 29.6 Å².